The normalized spacial score (nSPS) is 26.8. The standard InChI is InChI=1S/C24H27NO3/c1-15(26)18-5-4-6-19(13-18)16-7-9-17(10-8-16)21-14-20-11-12-22(25(20)2)23(21)24(27)28-3/h4-10,13,20-23H,11-12,14H2,1-3H3/t20-,21+,22+,23-/m0/s1. The lowest BCUT2D eigenvalue weighted by molar-refractivity contribution is -0.150. The minimum absolute atomic E-state index is 0.0705. The van der Waals surface area contributed by atoms with Gasteiger partial charge >= 0.3 is 5.97 Å². The predicted molar refractivity (Wildman–Crippen MR) is 109 cm³/mol. The van der Waals surface area contributed by atoms with Crippen LogP contribution in [0.1, 0.15) is 48.0 Å². The van der Waals surface area contributed by atoms with Gasteiger partial charge in [-0.05, 0) is 56.0 Å². The number of Topliss-reactive ketones (excluding diaryl/α,β-unsaturated/α-hetero) is 1. The number of esters is 1. The van der Waals surface area contributed by atoms with Gasteiger partial charge in [0.1, 0.15) is 0 Å². The molecule has 2 aromatic carbocycles. The number of carbonyl (C=O) groups excluding carboxylic acids is 2. The van der Waals surface area contributed by atoms with E-state index in [9.17, 15) is 9.59 Å². The Morgan fingerprint density at radius 2 is 1.79 bits per heavy atom. The van der Waals surface area contributed by atoms with E-state index in [-0.39, 0.29) is 29.6 Å². The third-order valence-corrected chi connectivity index (χ3v) is 6.68. The smallest absolute Gasteiger partial charge is 0.310 e. The molecular weight excluding hydrogens is 350 g/mol. The molecular formula is C24H27NO3. The van der Waals surface area contributed by atoms with Crippen LogP contribution < -0.4 is 0 Å². The zero-order chi connectivity index (χ0) is 19.8. The molecule has 2 aromatic rings. The lowest BCUT2D eigenvalue weighted by atomic mass is 9.76. The summed E-state index contributed by atoms with van der Waals surface area (Å²) in [5, 5.41) is 0. The second-order valence-corrected chi connectivity index (χ2v) is 8.11. The number of hydrogen-bond acceptors (Lipinski definition) is 4. The molecule has 2 aliphatic rings. The van der Waals surface area contributed by atoms with Crippen LogP contribution in [0.5, 0.6) is 0 Å². The minimum Gasteiger partial charge on any atom is -0.469 e. The monoisotopic (exact) mass is 377 g/mol. The summed E-state index contributed by atoms with van der Waals surface area (Å²) in [6, 6.07) is 17.0. The maximum atomic E-state index is 12.6. The van der Waals surface area contributed by atoms with E-state index in [1.807, 2.05) is 24.3 Å². The highest BCUT2D eigenvalue weighted by Gasteiger charge is 2.49. The molecule has 0 unspecified atom stereocenters. The van der Waals surface area contributed by atoms with Crippen molar-refractivity contribution in [1.82, 2.24) is 4.90 Å². The average molecular weight is 377 g/mol. The maximum Gasteiger partial charge on any atom is 0.310 e. The minimum atomic E-state index is -0.111. The molecule has 0 aromatic heterocycles. The first-order valence-electron chi connectivity index (χ1n) is 10.0. The van der Waals surface area contributed by atoms with Crippen molar-refractivity contribution in [2.45, 2.75) is 44.2 Å². The summed E-state index contributed by atoms with van der Waals surface area (Å²) in [6.07, 6.45) is 3.21. The van der Waals surface area contributed by atoms with Crippen LogP contribution in [0.15, 0.2) is 48.5 Å². The van der Waals surface area contributed by atoms with E-state index >= 15 is 0 Å². The number of hydrogen-bond donors (Lipinski definition) is 0. The van der Waals surface area contributed by atoms with Crippen LogP contribution >= 0.6 is 0 Å². The van der Waals surface area contributed by atoms with E-state index in [2.05, 4.69) is 36.2 Å². The summed E-state index contributed by atoms with van der Waals surface area (Å²) in [4.78, 5) is 26.6. The molecule has 2 bridgehead atoms. The molecule has 2 fully saturated rings. The van der Waals surface area contributed by atoms with E-state index < -0.39 is 0 Å². The Labute approximate surface area is 166 Å². The number of methoxy groups -OCH3 is 1. The second kappa shape index (κ2) is 7.51. The van der Waals surface area contributed by atoms with Crippen LogP contribution in [0, 0.1) is 5.92 Å². The van der Waals surface area contributed by atoms with Crippen molar-refractivity contribution in [2.24, 2.45) is 5.92 Å². The van der Waals surface area contributed by atoms with Crippen molar-refractivity contribution in [3.05, 3.63) is 59.7 Å². The third kappa shape index (κ3) is 3.26. The molecule has 0 radical (unpaired) electrons. The Morgan fingerprint density at radius 1 is 1.04 bits per heavy atom. The summed E-state index contributed by atoms with van der Waals surface area (Å²) in [6.45, 7) is 1.59. The van der Waals surface area contributed by atoms with Crippen molar-refractivity contribution < 1.29 is 14.3 Å². The lowest BCUT2D eigenvalue weighted by Crippen LogP contribution is -2.49. The molecule has 4 nitrogen and oxygen atoms in total. The van der Waals surface area contributed by atoms with Gasteiger partial charge < -0.3 is 4.74 Å². The molecule has 0 aliphatic carbocycles. The molecule has 0 saturated carbocycles. The summed E-state index contributed by atoms with van der Waals surface area (Å²) < 4.78 is 5.17. The molecule has 0 spiro atoms. The first-order valence-corrected chi connectivity index (χ1v) is 10.0. The highest BCUT2D eigenvalue weighted by molar-refractivity contribution is 5.95. The molecule has 0 N–H and O–H groups in total. The summed E-state index contributed by atoms with van der Waals surface area (Å²) in [7, 11) is 3.63. The molecule has 2 heterocycles. The molecule has 2 aliphatic heterocycles. The molecule has 28 heavy (non-hydrogen) atoms. The van der Waals surface area contributed by atoms with Gasteiger partial charge in [-0.2, -0.15) is 0 Å². The van der Waals surface area contributed by atoms with E-state index in [1.165, 1.54) is 12.7 Å². The SMILES string of the molecule is COC(=O)[C@H]1[C@@H](c2ccc(-c3cccc(C(C)=O)c3)cc2)C[C@@H]2CC[C@H]1N2C. The van der Waals surface area contributed by atoms with E-state index in [0.717, 1.165) is 36.0 Å². The lowest BCUT2D eigenvalue weighted by Gasteiger charge is -2.41. The van der Waals surface area contributed by atoms with Crippen molar-refractivity contribution in [3.63, 3.8) is 0 Å². The van der Waals surface area contributed by atoms with Gasteiger partial charge in [0.05, 0.1) is 13.0 Å². The Hall–Kier alpha value is -2.46. The summed E-state index contributed by atoms with van der Waals surface area (Å²) in [5.74, 6) is 0.0565. The second-order valence-electron chi connectivity index (χ2n) is 8.11. The third-order valence-electron chi connectivity index (χ3n) is 6.68. The van der Waals surface area contributed by atoms with Gasteiger partial charge in [0.25, 0.3) is 0 Å². The largest absolute Gasteiger partial charge is 0.469 e. The van der Waals surface area contributed by atoms with E-state index in [0.29, 0.717) is 6.04 Å². The molecule has 4 heteroatoms. The number of rotatable bonds is 4. The van der Waals surface area contributed by atoms with Crippen molar-refractivity contribution >= 4 is 11.8 Å². The van der Waals surface area contributed by atoms with Crippen LogP contribution in [0.4, 0.5) is 0 Å². The fourth-order valence-electron chi connectivity index (χ4n) is 5.11. The van der Waals surface area contributed by atoms with Crippen LogP contribution in [-0.4, -0.2) is 42.9 Å². The van der Waals surface area contributed by atoms with Gasteiger partial charge in [-0.1, -0.05) is 42.5 Å². The van der Waals surface area contributed by atoms with Crippen LogP contribution in [0.3, 0.4) is 0 Å². The number of piperidine rings is 1. The van der Waals surface area contributed by atoms with Crippen LogP contribution in [0.2, 0.25) is 0 Å². The van der Waals surface area contributed by atoms with Gasteiger partial charge in [0.2, 0.25) is 0 Å². The first kappa shape index (κ1) is 18.9. The Balaban J connectivity index is 1.63. The Kier molecular flexibility index (Phi) is 5.07. The van der Waals surface area contributed by atoms with Gasteiger partial charge in [-0.3, -0.25) is 14.5 Å². The quantitative estimate of drug-likeness (QED) is 0.589. The van der Waals surface area contributed by atoms with E-state index in [4.69, 9.17) is 4.74 Å². The Morgan fingerprint density at radius 3 is 2.46 bits per heavy atom. The van der Waals surface area contributed by atoms with Crippen LogP contribution in [-0.2, 0) is 9.53 Å². The van der Waals surface area contributed by atoms with Gasteiger partial charge in [-0.15, -0.1) is 0 Å². The highest BCUT2D eigenvalue weighted by Crippen LogP contribution is 2.46. The van der Waals surface area contributed by atoms with Gasteiger partial charge in [0.15, 0.2) is 5.78 Å². The fraction of sp³-hybridized carbons (Fsp3) is 0.417. The number of ketones is 1. The number of carbonyl (C=O) groups is 2. The topological polar surface area (TPSA) is 46.6 Å². The van der Waals surface area contributed by atoms with Crippen molar-refractivity contribution in [2.75, 3.05) is 14.2 Å². The van der Waals surface area contributed by atoms with Gasteiger partial charge in [-0.25, -0.2) is 0 Å². The number of ether oxygens (including phenoxy) is 1. The zero-order valence-electron chi connectivity index (χ0n) is 16.7. The molecule has 4 atom stereocenters. The summed E-state index contributed by atoms with van der Waals surface area (Å²) >= 11 is 0. The van der Waals surface area contributed by atoms with Crippen molar-refractivity contribution in [1.29, 1.82) is 0 Å². The molecule has 0 amide bonds. The fourth-order valence-corrected chi connectivity index (χ4v) is 5.11. The maximum absolute atomic E-state index is 12.6. The Bertz CT molecular complexity index is 889. The van der Waals surface area contributed by atoms with Crippen LogP contribution in [0.25, 0.3) is 11.1 Å². The van der Waals surface area contributed by atoms with Crippen molar-refractivity contribution in [3.8, 4) is 11.1 Å². The predicted octanol–water partition coefficient (Wildman–Crippen LogP) is 4.30. The highest BCUT2D eigenvalue weighted by atomic mass is 16.5. The number of fused-ring (bicyclic) bond motifs is 2. The number of nitrogens with zero attached hydrogens (tertiary/aromatic N) is 1. The van der Waals surface area contributed by atoms with E-state index in [1.54, 1.807) is 6.92 Å². The zero-order valence-corrected chi connectivity index (χ0v) is 16.7. The molecule has 4 rings (SSSR count). The molecule has 2 saturated heterocycles. The molecule has 146 valence electrons. The average Bonchev–Trinajstić information content (AvgIpc) is 2.95. The number of benzene rings is 2. The summed E-state index contributed by atoms with van der Waals surface area (Å²) in [5.41, 5.74) is 4.04. The first-order chi connectivity index (χ1) is 13.5. The van der Waals surface area contributed by atoms with Gasteiger partial charge in [0, 0.05) is 23.6 Å².